The normalized spacial score (nSPS) is 24.7. The van der Waals surface area contributed by atoms with Gasteiger partial charge in [-0.05, 0) is 49.2 Å². The van der Waals surface area contributed by atoms with Crippen molar-refractivity contribution in [1.82, 2.24) is 10.0 Å². The number of ether oxygens (including phenoxy) is 1. The van der Waals surface area contributed by atoms with Crippen LogP contribution in [0.3, 0.4) is 0 Å². The zero-order valence-corrected chi connectivity index (χ0v) is 18.0. The lowest BCUT2D eigenvalue weighted by molar-refractivity contribution is 0.00875. The van der Waals surface area contributed by atoms with Crippen molar-refractivity contribution in [3.05, 3.63) is 54.6 Å². The van der Waals surface area contributed by atoms with Crippen LogP contribution in [0, 0.1) is 0 Å². The van der Waals surface area contributed by atoms with E-state index >= 15 is 0 Å². The molecule has 0 radical (unpaired) electrons. The molecule has 1 N–H and O–H groups in total. The van der Waals surface area contributed by atoms with Crippen LogP contribution in [0.4, 0.5) is 5.69 Å². The van der Waals surface area contributed by atoms with Crippen molar-refractivity contribution in [3.63, 3.8) is 0 Å². The van der Waals surface area contributed by atoms with E-state index in [1.54, 1.807) is 6.34 Å². The molecule has 0 aliphatic carbocycles. The van der Waals surface area contributed by atoms with Crippen LogP contribution in [0.25, 0.3) is 0 Å². The maximum absolute atomic E-state index is 5.92. The number of benzene rings is 2. The molecular formula is C25H31N5O. The fraction of sp³-hybridized carbons (Fsp3) is 0.440. The van der Waals surface area contributed by atoms with Crippen molar-refractivity contribution in [3.8, 4) is 11.5 Å². The van der Waals surface area contributed by atoms with Crippen LogP contribution in [0.15, 0.2) is 64.6 Å². The first-order valence-corrected chi connectivity index (χ1v) is 11.6. The Kier molecular flexibility index (Phi) is 6.27. The SMILES string of the molecule is C1=NC2CN3CCCCCCCCN3C2C(Nc2ccc(Oc3ccccc3)cc2)=N1. The molecule has 2 unspecified atom stereocenters. The first kappa shape index (κ1) is 20.2. The van der Waals surface area contributed by atoms with Gasteiger partial charge < -0.3 is 10.1 Å². The van der Waals surface area contributed by atoms with Gasteiger partial charge in [0, 0.05) is 25.3 Å². The third kappa shape index (κ3) is 4.81. The average molecular weight is 418 g/mol. The zero-order chi connectivity index (χ0) is 20.9. The number of fused-ring (bicyclic) bond motifs is 3. The van der Waals surface area contributed by atoms with Gasteiger partial charge in [-0.15, -0.1) is 0 Å². The lowest BCUT2D eigenvalue weighted by Gasteiger charge is -2.34. The van der Waals surface area contributed by atoms with Crippen molar-refractivity contribution in [1.29, 1.82) is 0 Å². The van der Waals surface area contributed by atoms with Gasteiger partial charge in [0.1, 0.15) is 29.7 Å². The molecule has 0 aromatic heterocycles. The van der Waals surface area contributed by atoms with Gasteiger partial charge in [-0.25, -0.2) is 15.0 Å². The lowest BCUT2D eigenvalue weighted by Crippen LogP contribution is -2.50. The Morgan fingerprint density at radius 2 is 1.52 bits per heavy atom. The number of hydrogen-bond acceptors (Lipinski definition) is 6. The summed E-state index contributed by atoms with van der Waals surface area (Å²) >= 11 is 0. The number of nitrogens with one attached hydrogen (secondary N) is 1. The highest BCUT2D eigenvalue weighted by Gasteiger charge is 2.43. The molecular weight excluding hydrogens is 386 g/mol. The van der Waals surface area contributed by atoms with Crippen LogP contribution in [0.5, 0.6) is 11.5 Å². The molecule has 2 aromatic carbocycles. The molecule has 3 aliphatic heterocycles. The van der Waals surface area contributed by atoms with E-state index < -0.39 is 0 Å². The van der Waals surface area contributed by atoms with Gasteiger partial charge >= 0.3 is 0 Å². The lowest BCUT2D eigenvalue weighted by atomic mass is 10.1. The second kappa shape index (κ2) is 9.62. The van der Waals surface area contributed by atoms with Crippen molar-refractivity contribution in [2.75, 3.05) is 25.0 Å². The summed E-state index contributed by atoms with van der Waals surface area (Å²) < 4.78 is 5.92. The molecule has 0 saturated carbocycles. The molecule has 5 rings (SSSR count). The summed E-state index contributed by atoms with van der Waals surface area (Å²) in [6.45, 7) is 3.20. The van der Waals surface area contributed by atoms with Crippen LogP contribution in [-0.4, -0.2) is 53.9 Å². The molecule has 2 aromatic rings. The highest BCUT2D eigenvalue weighted by atomic mass is 16.5. The van der Waals surface area contributed by atoms with Gasteiger partial charge in [0.25, 0.3) is 0 Å². The molecule has 6 nitrogen and oxygen atoms in total. The number of aliphatic imine (C=N–C) groups is 2. The summed E-state index contributed by atoms with van der Waals surface area (Å²) in [7, 11) is 0. The maximum atomic E-state index is 5.92. The van der Waals surface area contributed by atoms with Gasteiger partial charge in [-0.2, -0.15) is 0 Å². The Bertz CT molecular complexity index is 911. The van der Waals surface area contributed by atoms with E-state index in [-0.39, 0.29) is 12.1 Å². The molecule has 0 spiro atoms. The minimum atomic E-state index is 0.199. The zero-order valence-electron chi connectivity index (χ0n) is 18.0. The van der Waals surface area contributed by atoms with Crippen LogP contribution >= 0.6 is 0 Å². The van der Waals surface area contributed by atoms with Crippen LogP contribution in [0.1, 0.15) is 38.5 Å². The Morgan fingerprint density at radius 1 is 0.806 bits per heavy atom. The number of hydrogen-bond donors (Lipinski definition) is 1. The molecule has 0 bridgehead atoms. The highest BCUT2D eigenvalue weighted by molar-refractivity contribution is 6.04. The number of anilines is 1. The average Bonchev–Trinajstić information content (AvgIpc) is 3.17. The Morgan fingerprint density at radius 3 is 2.32 bits per heavy atom. The number of hydrazine groups is 1. The summed E-state index contributed by atoms with van der Waals surface area (Å²) in [5.41, 5.74) is 1.02. The number of rotatable bonds is 3. The van der Waals surface area contributed by atoms with E-state index in [1.165, 1.54) is 38.5 Å². The van der Waals surface area contributed by atoms with E-state index in [4.69, 9.17) is 9.73 Å². The summed E-state index contributed by atoms with van der Waals surface area (Å²) in [4.78, 5) is 9.38. The van der Waals surface area contributed by atoms with Crippen molar-refractivity contribution in [2.45, 2.75) is 50.6 Å². The summed E-state index contributed by atoms with van der Waals surface area (Å²) in [5.74, 6) is 2.66. The molecule has 0 amide bonds. The maximum Gasteiger partial charge on any atom is 0.129 e. The van der Waals surface area contributed by atoms with Gasteiger partial charge in [-0.3, -0.25) is 4.99 Å². The van der Waals surface area contributed by atoms with Gasteiger partial charge in [0.15, 0.2) is 0 Å². The Labute approximate surface area is 184 Å². The van der Waals surface area contributed by atoms with Crippen LogP contribution in [-0.2, 0) is 0 Å². The molecule has 31 heavy (non-hydrogen) atoms. The first-order chi connectivity index (χ1) is 15.4. The number of para-hydroxylation sites is 1. The standard InChI is InChI=1S/C25H31N5O/c1-2-4-9-17-30-24-23(18-29(30)16-8-3-1)26-19-27-25(24)28-20-12-14-22(15-13-20)31-21-10-6-5-7-11-21/h5-7,10-15,19,23-24H,1-4,8-9,16-18H2,(H,26,27,28). The van der Waals surface area contributed by atoms with E-state index in [2.05, 4.69) is 32.5 Å². The number of nitrogens with zero attached hydrogens (tertiary/aromatic N) is 4. The fourth-order valence-corrected chi connectivity index (χ4v) is 4.77. The van der Waals surface area contributed by atoms with E-state index in [0.717, 1.165) is 42.7 Å². The topological polar surface area (TPSA) is 52.5 Å². The van der Waals surface area contributed by atoms with Crippen LogP contribution in [0.2, 0.25) is 0 Å². The number of amidine groups is 1. The summed E-state index contributed by atoms with van der Waals surface area (Å²) in [5, 5.41) is 8.63. The van der Waals surface area contributed by atoms with Gasteiger partial charge in [0.05, 0.1) is 6.04 Å². The van der Waals surface area contributed by atoms with E-state index in [1.807, 2.05) is 42.5 Å². The molecule has 6 heteroatoms. The quantitative estimate of drug-likeness (QED) is 0.767. The van der Waals surface area contributed by atoms with Crippen molar-refractivity contribution < 1.29 is 4.74 Å². The second-order valence-corrected chi connectivity index (χ2v) is 8.55. The predicted molar refractivity (Wildman–Crippen MR) is 126 cm³/mol. The Hall–Kier alpha value is -2.70. The summed E-state index contributed by atoms with van der Waals surface area (Å²) in [6.07, 6.45) is 9.61. The Balaban J connectivity index is 1.28. The van der Waals surface area contributed by atoms with Crippen LogP contribution < -0.4 is 10.1 Å². The molecule has 2 atom stereocenters. The molecule has 3 heterocycles. The van der Waals surface area contributed by atoms with Gasteiger partial charge in [0.2, 0.25) is 0 Å². The second-order valence-electron chi connectivity index (χ2n) is 8.55. The third-order valence-electron chi connectivity index (χ3n) is 6.34. The van der Waals surface area contributed by atoms with E-state index in [0.29, 0.717) is 0 Å². The smallest absolute Gasteiger partial charge is 0.129 e. The highest BCUT2D eigenvalue weighted by Crippen LogP contribution is 2.28. The van der Waals surface area contributed by atoms with E-state index in [9.17, 15) is 0 Å². The molecule has 162 valence electrons. The summed E-state index contributed by atoms with van der Waals surface area (Å²) in [6, 6.07) is 18.4. The minimum absolute atomic E-state index is 0.199. The minimum Gasteiger partial charge on any atom is -0.457 e. The fourth-order valence-electron chi connectivity index (χ4n) is 4.77. The molecule has 2 fully saturated rings. The predicted octanol–water partition coefficient (Wildman–Crippen LogP) is 4.96. The molecule has 3 aliphatic rings. The molecule has 2 saturated heterocycles. The third-order valence-corrected chi connectivity index (χ3v) is 6.34. The monoisotopic (exact) mass is 417 g/mol. The van der Waals surface area contributed by atoms with Gasteiger partial charge in [-0.1, -0.05) is 43.9 Å². The largest absolute Gasteiger partial charge is 0.457 e. The van der Waals surface area contributed by atoms with Crippen molar-refractivity contribution in [2.24, 2.45) is 9.98 Å². The van der Waals surface area contributed by atoms with Crippen molar-refractivity contribution >= 4 is 17.9 Å². The first-order valence-electron chi connectivity index (χ1n) is 11.6.